The van der Waals surface area contributed by atoms with Crippen molar-refractivity contribution < 1.29 is 32.7 Å². The minimum Gasteiger partial charge on any atom is -0.493 e. The molecule has 144 valence electrons. The molecule has 0 atom stereocenters. The van der Waals surface area contributed by atoms with Crippen molar-refractivity contribution in [3.8, 4) is 11.5 Å². The molecule has 11 heteroatoms. The average Bonchev–Trinajstić information content (AvgIpc) is 3.03. The molecule has 7 nitrogen and oxygen atoms in total. The van der Waals surface area contributed by atoms with Gasteiger partial charge in [-0.2, -0.15) is 8.78 Å². The van der Waals surface area contributed by atoms with E-state index in [0.717, 1.165) is 20.8 Å². The minimum absolute atomic E-state index is 0.0286. The van der Waals surface area contributed by atoms with E-state index in [1.165, 1.54) is 30.6 Å². The second kappa shape index (κ2) is 9.42. The van der Waals surface area contributed by atoms with E-state index in [0.29, 0.717) is 0 Å². The highest BCUT2D eigenvalue weighted by molar-refractivity contribution is 9.11. The number of nitrogens with zero attached hydrogens (tertiary/aromatic N) is 1. The molecule has 0 unspecified atom stereocenters. The summed E-state index contributed by atoms with van der Waals surface area (Å²) in [5, 5.41) is 11.2. The maximum absolute atomic E-state index is 12.4. The van der Waals surface area contributed by atoms with E-state index in [9.17, 15) is 23.7 Å². The van der Waals surface area contributed by atoms with Crippen molar-refractivity contribution >= 4 is 45.0 Å². The second-order valence-electron chi connectivity index (χ2n) is 4.85. The van der Waals surface area contributed by atoms with Crippen molar-refractivity contribution in [1.82, 2.24) is 0 Å². The number of alkyl halides is 2. The Morgan fingerprint density at radius 3 is 2.67 bits per heavy atom. The van der Waals surface area contributed by atoms with E-state index in [4.69, 9.17) is 9.47 Å². The number of nitro groups is 1. The molecule has 0 spiro atoms. The summed E-state index contributed by atoms with van der Waals surface area (Å²) >= 11 is 4.69. The molecule has 0 aliphatic rings. The summed E-state index contributed by atoms with van der Waals surface area (Å²) in [5.41, 5.74) is -0.565. The Labute approximate surface area is 164 Å². The number of carbonyl (C=O) groups is 1. The average molecular weight is 464 g/mol. The molecule has 2 rings (SSSR count). The Balaban J connectivity index is 2.15. The molecule has 0 saturated carbocycles. The molecule has 0 amide bonds. The van der Waals surface area contributed by atoms with Gasteiger partial charge in [-0.1, -0.05) is 0 Å². The fourth-order valence-corrected chi connectivity index (χ4v) is 3.32. The van der Waals surface area contributed by atoms with E-state index < -0.39 is 35.5 Å². The van der Waals surface area contributed by atoms with Gasteiger partial charge >= 0.3 is 12.6 Å². The van der Waals surface area contributed by atoms with Crippen LogP contribution in [0.2, 0.25) is 0 Å². The number of ether oxygens (including phenoxy) is 3. The Hall–Kier alpha value is -2.53. The molecule has 0 saturated heterocycles. The van der Waals surface area contributed by atoms with Crippen LogP contribution in [0.3, 0.4) is 0 Å². The van der Waals surface area contributed by atoms with Gasteiger partial charge in [-0.25, -0.2) is 4.79 Å². The van der Waals surface area contributed by atoms with Gasteiger partial charge in [0.05, 0.1) is 27.4 Å². The maximum atomic E-state index is 12.4. The van der Waals surface area contributed by atoms with E-state index in [2.05, 4.69) is 20.7 Å². The van der Waals surface area contributed by atoms with E-state index in [1.807, 2.05) is 6.07 Å². The molecule has 0 radical (unpaired) electrons. The highest BCUT2D eigenvalue weighted by Crippen LogP contribution is 2.36. The van der Waals surface area contributed by atoms with Crippen LogP contribution in [0, 0.1) is 10.1 Å². The summed E-state index contributed by atoms with van der Waals surface area (Å²) in [4.78, 5) is 23.0. The number of rotatable bonds is 8. The third-order valence-corrected chi connectivity index (χ3v) is 4.71. The van der Waals surface area contributed by atoms with Gasteiger partial charge in [0.1, 0.15) is 6.61 Å². The molecule has 27 heavy (non-hydrogen) atoms. The SMILES string of the molecule is COc1cc(COC(=O)C=Cc2ccc(Br)s2)c([N+](=O)[O-])cc1OC(F)F. The lowest BCUT2D eigenvalue weighted by Crippen LogP contribution is -2.07. The monoisotopic (exact) mass is 463 g/mol. The van der Waals surface area contributed by atoms with Gasteiger partial charge in [0.15, 0.2) is 11.5 Å². The first-order valence-electron chi connectivity index (χ1n) is 7.20. The molecule has 1 heterocycles. The van der Waals surface area contributed by atoms with Crippen molar-refractivity contribution in [1.29, 1.82) is 0 Å². The molecule has 1 aromatic heterocycles. The predicted molar refractivity (Wildman–Crippen MR) is 97.1 cm³/mol. The zero-order chi connectivity index (χ0) is 20.0. The lowest BCUT2D eigenvalue weighted by Gasteiger charge is -2.12. The van der Waals surface area contributed by atoms with Crippen molar-refractivity contribution in [2.24, 2.45) is 0 Å². The number of hydrogen-bond donors (Lipinski definition) is 0. The summed E-state index contributed by atoms with van der Waals surface area (Å²) in [6.45, 7) is -3.62. The minimum atomic E-state index is -3.18. The third-order valence-electron chi connectivity index (χ3n) is 3.13. The standard InChI is InChI=1S/C16H12BrF2NO6S/c1-24-12-6-9(11(20(22)23)7-13(12)26-16(18)19)8-25-15(21)5-3-10-2-4-14(17)27-10/h2-7,16H,8H2,1H3. The van der Waals surface area contributed by atoms with Gasteiger partial charge < -0.3 is 14.2 Å². The Morgan fingerprint density at radius 1 is 1.37 bits per heavy atom. The van der Waals surface area contributed by atoms with Crippen LogP contribution in [0.5, 0.6) is 11.5 Å². The first kappa shape index (κ1) is 20.8. The van der Waals surface area contributed by atoms with Crippen LogP contribution >= 0.6 is 27.3 Å². The maximum Gasteiger partial charge on any atom is 0.387 e. The zero-order valence-electron chi connectivity index (χ0n) is 13.7. The molecule has 0 aliphatic heterocycles. The highest BCUT2D eigenvalue weighted by Gasteiger charge is 2.22. The molecule has 0 bridgehead atoms. The van der Waals surface area contributed by atoms with Crippen molar-refractivity contribution in [2.45, 2.75) is 13.2 Å². The highest BCUT2D eigenvalue weighted by atomic mass is 79.9. The number of nitro benzene ring substituents is 1. The van der Waals surface area contributed by atoms with Gasteiger partial charge in [-0.15, -0.1) is 11.3 Å². The van der Waals surface area contributed by atoms with Crippen LogP contribution in [0.25, 0.3) is 6.08 Å². The van der Waals surface area contributed by atoms with Gasteiger partial charge in [-0.05, 0) is 40.2 Å². The Morgan fingerprint density at radius 2 is 2.11 bits per heavy atom. The smallest absolute Gasteiger partial charge is 0.387 e. The molecule has 0 N–H and O–H groups in total. The first-order valence-corrected chi connectivity index (χ1v) is 8.81. The van der Waals surface area contributed by atoms with Gasteiger partial charge in [0, 0.05) is 11.0 Å². The largest absolute Gasteiger partial charge is 0.493 e. The summed E-state index contributed by atoms with van der Waals surface area (Å²) < 4.78 is 39.8. The number of benzene rings is 1. The number of methoxy groups -OCH3 is 1. The van der Waals surface area contributed by atoms with Gasteiger partial charge in [-0.3, -0.25) is 10.1 Å². The van der Waals surface area contributed by atoms with E-state index in [-0.39, 0.29) is 11.3 Å². The molecule has 2 aromatic rings. The molecular formula is C16H12BrF2NO6S. The fourth-order valence-electron chi connectivity index (χ4n) is 1.99. The lowest BCUT2D eigenvalue weighted by atomic mass is 10.1. The van der Waals surface area contributed by atoms with Crippen LogP contribution in [0.15, 0.2) is 34.1 Å². The fraction of sp³-hybridized carbons (Fsp3) is 0.188. The predicted octanol–water partition coefficient (Wildman–Crippen LogP) is 4.79. The number of thiophene rings is 1. The summed E-state index contributed by atoms with van der Waals surface area (Å²) in [6, 6.07) is 5.51. The van der Waals surface area contributed by atoms with Crippen LogP contribution in [0.1, 0.15) is 10.4 Å². The number of hydrogen-bond acceptors (Lipinski definition) is 7. The molecule has 1 aromatic carbocycles. The number of carbonyl (C=O) groups excluding carboxylic acids is 1. The van der Waals surface area contributed by atoms with Crippen LogP contribution in [0.4, 0.5) is 14.5 Å². The van der Waals surface area contributed by atoms with Gasteiger partial charge in [0.25, 0.3) is 5.69 Å². The second-order valence-corrected chi connectivity index (χ2v) is 7.34. The van der Waals surface area contributed by atoms with Crippen LogP contribution in [-0.4, -0.2) is 24.6 Å². The Bertz CT molecular complexity index is 871. The summed E-state index contributed by atoms with van der Waals surface area (Å²) in [7, 11) is 1.19. The van der Waals surface area contributed by atoms with E-state index in [1.54, 1.807) is 6.07 Å². The normalized spacial score (nSPS) is 11.0. The molecular weight excluding hydrogens is 452 g/mol. The van der Waals surface area contributed by atoms with Crippen molar-refractivity contribution in [3.63, 3.8) is 0 Å². The zero-order valence-corrected chi connectivity index (χ0v) is 16.1. The molecule has 0 fully saturated rings. The summed E-state index contributed by atoms with van der Waals surface area (Å²) in [5.74, 6) is -1.36. The van der Waals surface area contributed by atoms with Crippen molar-refractivity contribution in [3.05, 3.63) is 54.7 Å². The quantitative estimate of drug-likeness (QED) is 0.242. The van der Waals surface area contributed by atoms with Crippen LogP contribution < -0.4 is 9.47 Å². The third kappa shape index (κ3) is 6.00. The van der Waals surface area contributed by atoms with Crippen molar-refractivity contribution in [2.75, 3.05) is 7.11 Å². The Kier molecular flexibility index (Phi) is 7.25. The topological polar surface area (TPSA) is 87.9 Å². The van der Waals surface area contributed by atoms with Crippen LogP contribution in [-0.2, 0) is 16.1 Å². The summed E-state index contributed by atoms with van der Waals surface area (Å²) in [6.07, 6.45) is 2.71. The lowest BCUT2D eigenvalue weighted by molar-refractivity contribution is -0.386. The van der Waals surface area contributed by atoms with Gasteiger partial charge in [0.2, 0.25) is 0 Å². The number of halogens is 3. The number of esters is 1. The first-order chi connectivity index (χ1) is 12.8. The van der Waals surface area contributed by atoms with E-state index >= 15 is 0 Å². The molecule has 0 aliphatic carbocycles.